The lowest BCUT2D eigenvalue weighted by Crippen LogP contribution is -2.30. The van der Waals surface area contributed by atoms with Crippen LogP contribution in [0.4, 0.5) is 0 Å². The first-order valence-corrected chi connectivity index (χ1v) is 39.5. The van der Waals surface area contributed by atoms with Crippen LogP contribution in [0.5, 0.6) is 0 Å². The smallest absolute Gasteiger partial charge is 0.463 e. The molecule has 0 radical (unpaired) electrons. The van der Waals surface area contributed by atoms with E-state index in [9.17, 15) is 43.5 Å². The van der Waals surface area contributed by atoms with Gasteiger partial charge in [0.15, 0.2) is 6.10 Å². The zero-order valence-corrected chi connectivity index (χ0v) is 60.8. The molecule has 0 rings (SSSR count). The van der Waals surface area contributed by atoms with Crippen molar-refractivity contribution in [2.45, 2.75) is 296 Å². The number of carbonyl (C=O) groups excluding carboxylic acids is 3. The molecule has 0 aromatic rings. The van der Waals surface area contributed by atoms with Crippen LogP contribution in [-0.4, -0.2) is 95.9 Å². The number of ether oxygens (including phenoxy) is 3. The van der Waals surface area contributed by atoms with Crippen LogP contribution >= 0.6 is 15.6 Å². The van der Waals surface area contributed by atoms with Gasteiger partial charge < -0.3 is 34.2 Å². The first-order valence-electron chi connectivity index (χ1n) is 36.5. The SMILES string of the molecule is CC/C=C\C/C=C\C/C=C\C/C=C\C/C=C\CCCCCCCCCCCCCCCC(=O)OCC(O)COP(=O)(O)OCC(O)COP(=O)(O)OCC(COC(=O)CCCCCCC/C=C\C/C=C\C/C=C\CC)OC(=O)CCCCCCC/C=C\C/C=C\C/C=C\CC. The molecule has 0 aliphatic rings. The predicted octanol–water partition coefficient (Wildman–Crippen LogP) is 20.8. The molecule has 0 aliphatic heterocycles. The number of unbranched alkanes of at least 4 members (excludes halogenated alkanes) is 23. The number of rotatable bonds is 68. The minimum atomic E-state index is -4.94. The molecule has 16 nitrogen and oxygen atoms in total. The van der Waals surface area contributed by atoms with Crippen LogP contribution in [0.2, 0.25) is 0 Å². The van der Waals surface area contributed by atoms with Crippen molar-refractivity contribution in [3.63, 3.8) is 0 Å². The maximum atomic E-state index is 12.9. The van der Waals surface area contributed by atoms with E-state index in [-0.39, 0.29) is 19.3 Å². The van der Waals surface area contributed by atoms with Crippen molar-refractivity contribution in [1.29, 1.82) is 0 Å². The molecule has 0 saturated carbocycles. The summed E-state index contributed by atoms with van der Waals surface area (Å²) < 4.78 is 60.9. The van der Waals surface area contributed by atoms with Gasteiger partial charge in [-0.1, -0.05) is 264 Å². The van der Waals surface area contributed by atoms with Crippen LogP contribution in [0.1, 0.15) is 278 Å². The molecular formula is C77H130O16P2. The number of hydrogen-bond donors (Lipinski definition) is 4. The number of allylic oxidation sites excluding steroid dienone is 22. The minimum absolute atomic E-state index is 0.0784. The lowest BCUT2D eigenvalue weighted by atomic mass is 10.0. The number of aliphatic hydroxyl groups excluding tert-OH is 2. The number of esters is 3. The zero-order chi connectivity index (χ0) is 69.5. The van der Waals surface area contributed by atoms with Crippen LogP contribution in [0, 0.1) is 0 Å². The van der Waals surface area contributed by atoms with Crippen molar-refractivity contribution in [1.82, 2.24) is 0 Å². The van der Waals surface area contributed by atoms with Crippen molar-refractivity contribution >= 4 is 33.6 Å². The van der Waals surface area contributed by atoms with Gasteiger partial charge in [-0.3, -0.25) is 32.5 Å². The summed E-state index contributed by atoms with van der Waals surface area (Å²) in [5.74, 6) is -1.62. The Labute approximate surface area is 575 Å². The van der Waals surface area contributed by atoms with E-state index >= 15 is 0 Å². The summed E-state index contributed by atoms with van der Waals surface area (Å²) in [6, 6.07) is 0. The molecule has 0 bridgehead atoms. The van der Waals surface area contributed by atoms with Crippen LogP contribution in [0.25, 0.3) is 0 Å². The maximum Gasteiger partial charge on any atom is 0.472 e. The molecule has 95 heavy (non-hydrogen) atoms. The van der Waals surface area contributed by atoms with E-state index in [1.807, 2.05) is 0 Å². The Hall–Kier alpha value is -4.31. The molecule has 0 saturated heterocycles. The van der Waals surface area contributed by atoms with Crippen LogP contribution in [0.15, 0.2) is 134 Å². The normalized spacial score (nSPS) is 14.9. The van der Waals surface area contributed by atoms with Gasteiger partial charge in [0, 0.05) is 19.3 Å². The number of carbonyl (C=O) groups is 3. The van der Waals surface area contributed by atoms with E-state index in [4.69, 9.17) is 32.3 Å². The Balaban J connectivity index is 4.50. The lowest BCUT2D eigenvalue weighted by Gasteiger charge is -2.21. The summed E-state index contributed by atoms with van der Waals surface area (Å²) >= 11 is 0. The second-order valence-corrected chi connectivity index (χ2v) is 26.9. The highest BCUT2D eigenvalue weighted by Crippen LogP contribution is 2.45. The lowest BCUT2D eigenvalue weighted by molar-refractivity contribution is -0.161. The summed E-state index contributed by atoms with van der Waals surface area (Å²) in [7, 11) is -9.79. The van der Waals surface area contributed by atoms with Gasteiger partial charge in [-0.15, -0.1) is 0 Å². The molecule has 0 aromatic carbocycles. The molecule has 0 heterocycles. The predicted molar refractivity (Wildman–Crippen MR) is 390 cm³/mol. The molecule has 0 aromatic heterocycles. The van der Waals surface area contributed by atoms with Gasteiger partial charge in [0.2, 0.25) is 0 Å². The molecule has 18 heteroatoms. The van der Waals surface area contributed by atoms with Gasteiger partial charge in [-0.2, -0.15) is 0 Å². The average Bonchev–Trinajstić information content (AvgIpc) is 1.83. The summed E-state index contributed by atoms with van der Waals surface area (Å²) in [5.41, 5.74) is 0. The zero-order valence-electron chi connectivity index (χ0n) is 59.0. The molecule has 5 atom stereocenters. The van der Waals surface area contributed by atoms with E-state index < -0.39 is 91.5 Å². The summed E-state index contributed by atoms with van der Waals surface area (Å²) in [6.07, 6.45) is 82.3. The second-order valence-electron chi connectivity index (χ2n) is 23.9. The van der Waals surface area contributed by atoms with E-state index in [0.717, 1.165) is 161 Å². The fourth-order valence-corrected chi connectivity index (χ4v) is 11.0. The van der Waals surface area contributed by atoms with Gasteiger partial charge in [-0.05, 0) is 128 Å². The minimum Gasteiger partial charge on any atom is -0.463 e. The molecule has 0 amide bonds. The van der Waals surface area contributed by atoms with Crippen molar-refractivity contribution < 1.29 is 75.8 Å². The number of hydrogen-bond acceptors (Lipinski definition) is 14. The molecule has 0 spiro atoms. The summed E-state index contributed by atoms with van der Waals surface area (Å²) in [6.45, 7) is 2.29. The Morgan fingerprint density at radius 2 is 0.526 bits per heavy atom. The molecule has 0 fully saturated rings. The average molecular weight is 1370 g/mol. The van der Waals surface area contributed by atoms with Gasteiger partial charge in [0.1, 0.15) is 25.4 Å². The number of aliphatic hydroxyl groups is 2. The van der Waals surface area contributed by atoms with Crippen molar-refractivity contribution in [3.8, 4) is 0 Å². The Morgan fingerprint density at radius 1 is 0.295 bits per heavy atom. The standard InChI is InChI=1S/C77H130O16P2/c1-4-7-10-13-16-19-22-25-28-29-30-31-32-33-34-35-36-37-38-39-40-41-44-46-48-51-54-57-60-63-75(80)87-66-72(78)67-89-94(83,84)90-68-73(79)69-91-95(85,86)92-71-74(93-77(82)65-62-59-56-53-50-47-43-27-24-21-18-15-12-9-6-3)70-88-76(81)64-61-58-55-52-49-45-42-26-23-20-17-14-11-8-5-2/h7-12,16-21,25-28,30-31,33-34,42-43,72-74,78-79H,4-6,13-15,22-24,29,32,35-41,44-71H2,1-3H3,(H,83,84)(H,85,86)/b10-7-,11-8-,12-9-,19-16-,20-17-,21-18-,28-25-,31-30-,34-33-,42-26-,43-27-. The van der Waals surface area contributed by atoms with E-state index in [1.54, 1.807) is 0 Å². The van der Waals surface area contributed by atoms with Crippen LogP contribution < -0.4 is 0 Å². The van der Waals surface area contributed by atoms with E-state index in [2.05, 4.69) is 154 Å². The quantitative estimate of drug-likeness (QED) is 0.0146. The van der Waals surface area contributed by atoms with Gasteiger partial charge >= 0.3 is 33.6 Å². The van der Waals surface area contributed by atoms with Crippen molar-refractivity contribution in [2.24, 2.45) is 0 Å². The fraction of sp³-hybridized carbons (Fsp3) is 0.675. The first-order chi connectivity index (χ1) is 46.2. The van der Waals surface area contributed by atoms with Gasteiger partial charge in [0.25, 0.3) is 0 Å². The molecule has 5 unspecified atom stereocenters. The van der Waals surface area contributed by atoms with E-state index in [0.29, 0.717) is 19.3 Å². The van der Waals surface area contributed by atoms with Crippen LogP contribution in [0.3, 0.4) is 0 Å². The Morgan fingerprint density at radius 3 is 0.832 bits per heavy atom. The topological polar surface area (TPSA) is 231 Å². The monoisotopic (exact) mass is 1370 g/mol. The Bertz CT molecular complexity index is 2260. The molecule has 544 valence electrons. The second kappa shape index (κ2) is 69.6. The van der Waals surface area contributed by atoms with E-state index in [1.165, 1.54) is 57.8 Å². The highest BCUT2D eigenvalue weighted by atomic mass is 31.2. The first kappa shape index (κ1) is 90.7. The molecule has 0 aliphatic carbocycles. The van der Waals surface area contributed by atoms with Crippen LogP contribution in [-0.2, 0) is 55.8 Å². The summed E-state index contributed by atoms with van der Waals surface area (Å²) in [4.78, 5) is 58.4. The van der Waals surface area contributed by atoms with Gasteiger partial charge in [0.05, 0.1) is 26.4 Å². The fourth-order valence-electron chi connectivity index (χ4n) is 9.39. The third kappa shape index (κ3) is 70.8. The number of phosphoric ester groups is 2. The third-order valence-corrected chi connectivity index (χ3v) is 16.8. The third-order valence-electron chi connectivity index (χ3n) is 14.9. The molecular weight excluding hydrogens is 1240 g/mol. The number of phosphoric acid groups is 2. The highest BCUT2D eigenvalue weighted by molar-refractivity contribution is 7.47. The van der Waals surface area contributed by atoms with Crippen molar-refractivity contribution in [3.05, 3.63) is 134 Å². The maximum absolute atomic E-state index is 12.9. The van der Waals surface area contributed by atoms with Crippen molar-refractivity contribution in [2.75, 3.05) is 39.6 Å². The Kier molecular flexibility index (Phi) is 66.4. The molecule has 4 N–H and O–H groups in total. The largest absolute Gasteiger partial charge is 0.472 e. The summed E-state index contributed by atoms with van der Waals surface area (Å²) in [5, 5.41) is 20.6. The highest BCUT2D eigenvalue weighted by Gasteiger charge is 2.29. The van der Waals surface area contributed by atoms with Gasteiger partial charge in [-0.25, -0.2) is 9.13 Å².